The van der Waals surface area contributed by atoms with E-state index < -0.39 is 0 Å². The molecule has 58 heavy (non-hydrogen) atoms. The minimum absolute atomic E-state index is 0.252. The number of hydrogen-bond donors (Lipinski definition) is 6. The van der Waals surface area contributed by atoms with Gasteiger partial charge in [-0.3, -0.25) is 20.8 Å². The molecule has 4 aromatic carbocycles. The van der Waals surface area contributed by atoms with Gasteiger partial charge in [0.15, 0.2) is 11.6 Å². The van der Waals surface area contributed by atoms with Crippen molar-refractivity contribution in [2.75, 3.05) is 63.5 Å². The molecule has 0 unspecified atom stereocenters. The van der Waals surface area contributed by atoms with Crippen molar-refractivity contribution in [2.45, 2.75) is 19.4 Å². The fraction of sp³-hybridized carbons (Fsp3) is 0.262. The quantitative estimate of drug-likeness (QED) is 0.0682. The van der Waals surface area contributed by atoms with E-state index in [0.29, 0.717) is 34.8 Å². The molecule has 1 aliphatic heterocycles. The summed E-state index contributed by atoms with van der Waals surface area (Å²) in [6, 6.07) is 26.8. The summed E-state index contributed by atoms with van der Waals surface area (Å²) in [7, 11) is 2.15. The number of carbonyl (C=O) groups excluding carboxylic acids is 2. The number of carbonyl (C=O) groups is 2. The van der Waals surface area contributed by atoms with E-state index in [1.807, 2.05) is 95.7 Å². The van der Waals surface area contributed by atoms with Gasteiger partial charge in [0, 0.05) is 80.1 Å². The number of piperazine rings is 1. The molecule has 3 aromatic heterocycles. The zero-order chi connectivity index (χ0) is 40.3. The van der Waals surface area contributed by atoms with Crippen molar-refractivity contribution in [3.8, 4) is 22.3 Å². The predicted octanol–water partition coefficient (Wildman–Crippen LogP) is 7.93. The summed E-state index contributed by atoms with van der Waals surface area (Å²) in [4.78, 5) is 33.3. The number of rotatable bonds is 12. The number of halogens is 2. The van der Waals surface area contributed by atoms with E-state index in [1.54, 1.807) is 12.5 Å². The molecule has 1 fully saturated rings. The molecule has 6 N–H and O–H groups in total. The number of hydrogen-bond acceptors (Lipinski definition) is 7. The third-order valence-corrected chi connectivity index (χ3v) is 10.5. The number of aromatic amines is 2. The largest absolute Gasteiger partial charge is 0.338 e. The Hall–Kier alpha value is -5.93. The van der Waals surface area contributed by atoms with Crippen LogP contribution in [0.3, 0.4) is 0 Å². The molecule has 7 aromatic rings. The monoisotopic (exact) mass is 820 g/mol. The van der Waals surface area contributed by atoms with Gasteiger partial charge in [0.2, 0.25) is 0 Å². The summed E-state index contributed by atoms with van der Waals surface area (Å²) in [6.45, 7) is 7.37. The number of aryl methyl sites for hydroxylation is 1. The van der Waals surface area contributed by atoms with Crippen LogP contribution < -0.4 is 21.3 Å². The van der Waals surface area contributed by atoms with E-state index in [9.17, 15) is 9.59 Å². The van der Waals surface area contributed by atoms with E-state index in [1.165, 1.54) is 0 Å². The summed E-state index contributed by atoms with van der Waals surface area (Å²) in [5, 5.41) is 28.6. The highest BCUT2D eigenvalue weighted by Crippen LogP contribution is 2.35. The van der Waals surface area contributed by atoms with Crippen molar-refractivity contribution in [1.29, 1.82) is 0 Å². The molecule has 0 radical (unpaired) electrons. The Morgan fingerprint density at radius 3 is 1.67 bits per heavy atom. The molecule has 8 rings (SSSR count). The Morgan fingerprint density at radius 2 is 1.19 bits per heavy atom. The van der Waals surface area contributed by atoms with Crippen molar-refractivity contribution < 1.29 is 9.59 Å². The minimum Gasteiger partial charge on any atom is -0.338 e. The summed E-state index contributed by atoms with van der Waals surface area (Å²) in [6.07, 6.45) is 7.11. The van der Waals surface area contributed by atoms with Gasteiger partial charge in [-0.1, -0.05) is 83.9 Å². The lowest BCUT2D eigenvalue weighted by molar-refractivity contribution is 0.153. The Morgan fingerprint density at radius 1 is 0.690 bits per heavy atom. The van der Waals surface area contributed by atoms with Gasteiger partial charge in [0.25, 0.3) is 0 Å². The van der Waals surface area contributed by atoms with Crippen LogP contribution in [0.2, 0.25) is 10.0 Å². The molecule has 4 amide bonds. The Kier molecular flexibility index (Phi) is 13.5. The van der Waals surface area contributed by atoms with Crippen LogP contribution in [0.5, 0.6) is 0 Å². The first-order chi connectivity index (χ1) is 28.3. The zero-order valence-electron chi connectivity index (χ0n) is 32.1. The molecule has 0 saturated carbocycles. The number of fused-ring (bicyclic) bond motifs is 2. The lowest BCUT2D eigenvalue weighted by atomic mass is 10.0. The van der Waals surface area contributed by atoms with E-state index in [0.717, 1.165) is 96.2 Å². The van der Waals surface area contributed by atoms with Crippen LogP contribution >= 0.6 is 23.2 Å². The van der Waals surface area contributed by atoms with E-state index in [-0.39, 0.29) is 12.1 Å². The smallest absolute Gasteiger partial charge is 0.320 e. The fourth-order valence-corrected chi connectivity index (χ4v) is 7.25. The van der Waals surface area contributed by atoms with Crippen molar-refractivity contribution >= 4 is 68.7 Å². The van der Waals surface area contributed by atoms with Gasteiger partial charge >= 0.3 is 12.1 Å². The normalized spacial score (nSPS) is 13.2. The summed E-state index contributed by atoms with van der Waals surface area (Å²) in [5.41, 5.74) is 5.36. The standard InChI is InChI=1S/C22H27ClN6O.C20H19ClN6O/c1-28-10-12-29(13-11-28)9-5-8-24-22(30)25-21-18-14-17(16-6-3-2-4-7-16)19(23)15-20(18)26-27-21;21-17-12-18-16(11-15(17)14-5-2-1-3-6-14)19(26-25-18)24-20(28)23-7-4-9-27-10-8-22-13-27/h2-4,6-7,14-15H,5,8-13H2,1H3,(H3,24,25,26,27,30);1-3,5-6,8,10-13H,4,7,9H2,(H3,23,24,25,26,28). The number of H-pyrrole nitrogens is 2. The van der Waals surface area contributed by atoms with Crippen molar-refractivity contribution in [2.24, 2.45) is 0 Å². The maximum Gasteiger partial charge on any atom is 0.320 e. The number of amides is 4. The van der Waals surface area contributed by atoms with Crippen molar-refractivity contribution in [3.05, 3.63) is 114 Å². The van der Waals surface area contributed by atoms with Gasteiger partial charge in [-0.15, -0.1) is 0 Å². The molecule has 0 bridgehead atoms. The lowest BCUT2D eigenvalue weighted by Crippen LogP contribution is -2.45. The Bertz CT molecular complexity index is 2410. The van der Waals surface area contributed by atoms with Gasteiger partial charge in [-0.2, -0.15) is 10.2 Å². The minimum atomic E-state index is -0.296. The maximum absolute atomic E-state index is 12.3. The molecule has 1 aliphatic rings. The molecular formula is C42H46Cl2N12O2. The maximum atomic E-state index is 12.3. The highest BCUT2D eigenvalue weighted by molar-refractivity contribution is 6.34. The van der Waals surface area contributed by atoms with Gasteiger partial charge < -0.3 is 25.0 Å². The molecule has 0 atom stereocenters. The second-order valence-electron chi connectivity index (χ2n) is 14.0. The van der Waals surface area contributed by atoms with Gasteiger partial charge in [0.1, 0.15) is 0 Å². The molecule has 14 nitrogen and oxygen atoms in total. The van der Waals surface area contributed by atoms with Crippen LogP contribution in [0, 0.1) is 0 Å². The Balaban J connectivity index is 0.000000177. The molecular weight excluding hydrogens is 775 g/mol. The highest BCUT2D eigenvalue weighted by atomic mass is 35.5. The first kappa shape index (κ1) is 40.3. The number of imidazole rings is 1. The van der Waals surface area contributed by atoms with Gasteiger partial charge in [-0.25, -0.2) is 14.6 Å². The number of urea groups is 2. The number of likely N-dealkylation sites (N-methyl/N-ethyl adjacent to an activating group) is 1. The fourth-order valence-electron chi connectivity index (χ4n) is 6.71. The van der Waals surface area contributed by atoms with E-state index >= 15 is 0 Å². The average molecular weight is 822 g/mol. The second kappa shape index (κ2) is 19.5. The Labute approximate surface area is 346 Å². The number of aromatic nitrogens is 6. The van der Waals surface area contributed by atoms with Gasteiger partial charge in [-0.05, 0) is 61.8 Å². The van der Waals surface area contributed by atoms with Crippen LogP contribution in [0.1, 0.15) is 12.8 Å². The number of benzene rings is 4. The van der Waals surface area contributed by atoms with Crippen LogP contribution in [-0.4, -0.2) is 105 Å². The molecule has 16 heteroatoms. The van der Waals surface area contributed by atoms with E-state index in [2.05, 4.69) is 63.5 Å². The second-order valence-corrected chi connectivity index (χ2v) is 14.9. The van der Waals surface area contributed by atoms with Crippen molar-refractivity contribution in [3.63, 3.8) is 0 Å². The molecule has 300 valence electrons. The lowest BCUT2D eigenvalue weighted by Gasteiger charge is -2.32. The van der Waals surface area contributed by atoms with Gasteiger partial charge in [0.05, 0.1) is 27.4 Å². The predicted molar refractivity (Wildman–Crippen MR) is 233 cm³/mol. The molecule has 4 heterocycles. The van der Waals surface area contributed by atoms with Crippen LogP contribution in [0.4, 0.5) is 21.2 Å². The average Bonchev–Trinajstić information content (AvgIpc) is 4.00. The third-order valence-electron chi connectivity index (χ3n) is 9.90. The van der Waals surface area contributed by atoms with Crippen LogP contribution in [0.15, 0.2) is 104 Å². The van der Waals surface area contributed by atoms with Crippen molar-refractivity contribution in [1.82, 2.24) is 50.4 Å². The highest BCUT2D eigenvalue weighted by Gasteiger charge is 2.16. The third kappa shape index (κ3) is 10.5. The number of nitrogens with one attached hydrogen (secondary N) is 6. The topological polar surface area (TPSA) is 164 Å². The molecule has 1 saturated heterocycles. The van der Waals surface area contributed by atoms with E-state index in [4.69, 9.17) is 23.2 Å². The molecule has 0 spiro atoms. The zero-order valence-corrected chi connectivity index (χ0v) is 33.7. The summed E-state index contributed by atoms with van der Waals surface area (Å²) < 4.78 is 1.97. The molecule has 0 aliphatic carbocycles. The van der Waals surface area contributed by atoms with Crippen LogP contribution in [-0.2, 0) is 6.54 Å². The SMILES string of the molecule is CN1CCN(CCCNC(=O)Nc2n[nH]c3cc(Cl)c(-c4ccccc4)cc23)CC1.O=C(NCCCn1ccnc1)Nc1n[nH]c2cc(Cl)c(-c3ccccc3)cc12. The van der Waals surface area contributed by atoms with Crippen LogP contribution in [0.25, 0.3) is 44.1 Å². The number of nitrogens with zero attached hydrogens (tertiary/aromatic N) is 6. The summed E-state index contributed by atoms with van der Waals surface area (Å²) >= 11 is 12.9. The summed E-state index contributed by atoms with van der Waals surface area (Å²) in [5.74, 6) is 0.964. The first-order valence-electron chi connectivity index (χ1n) is 19.2. The first-order valence-corrected chi connectivity index (χ1v) is 20.0. The number of anilines is 2.